The van der Waals surface area contributed by atoms with Crippen molar-refractivity contribution in [1.29, 1.82) is 0 Å². The first-order valence-corrected chi connectivity index (χ1v) is 7.88. The van der Waals surface area contributed by atoms with E-state index in [0.717, 1.165) is 0 Å². The molecule has 0 radical (unpaired) electrons. The summed E-state index contributed by atoms with van der Waals surface area (Å²) in [6.07, 6.45) is 2.76. The van der Waals surface area contributed by atoms with Gasteiger partial charge in [0.2, 0.25) is 15.9 Å². The van der Waals surface area contributed by atoms with Gasteiger partial charge < -0.3 is 11.1 Å². The molecule has 114 valence electrons. The summed E-state index contributed by atoms with van der Waals surface area (Å²) < 4.78 is 26.4. The molecule has 0 spiro atoms. The minimum atomic E-state index is -3.71. The lowest BCUT2D eigenvalue weighted by Gasteiger charge is -2.06. The van der Waals surface area contributed by atoms with Crippen molar-refractivity contribution in [3.63, 3.8) is 0 Å². The number of pyridine rings is 1. The maximum absolute atomic E-state index is 12.0. The van der Waals surface area contributed by atoms with Crippen molar-refractivity contribution in [3.8, 4) is 11.8 Å². The predicted molar refractivity (Wildman–Crippen MR) is 78.7 cm³/mol. The number of nitrogens with zero attached hydrogens (tertiary/aromatic N) is 1. The van der Waals surface area contributed by atoms with Crippen molar-refractivity contribution >= 4 is 15.9 Å². The second-order valence-corrected chi connectivity index (χ2v) is 5.78. The van der Waals surface area contributed by atoms with Crippen LogP contribution < -0.4 is 15.8 Å². The third-order valence-electron chi connectivity index (χ3n) is 2.38. The molecule has 1 aromatic rings. The number of hydrogen-bond donors (Lipinski definition) is 3. The smallest absolute Gasteiger partial charge is 0.242 e. The van der Waals surface area contributed by atoms with Gasteiger partial charge in [-0.25, -0.2) is 13.1 Å². The highest BCUT2D eigenvalue weighted by molar-refractivity contribution is 7.89. The van der Waals surface area contributed by atoms with Crippen LogP contribution in [0.5, 0.6) is 0 Å². The Morgan fingerprint density at radius 1 is 1.43 bits per heavy atom. The Morgan fingerprint density at radius 2 is 2.19 bits per heavy atom. The van der Waals surface area contributed by atoms with E-state index in [0.29, 0.717) is 12.1 Å². The predicted octanol–water partition coefficient (Wildman–Crippen LogP) is -0.804. The third kappa shape index (κ3) is 5.91. The van der Waals surface area contributed by atoms with E-state index in [9.17, 15) is 13.2 Å². The number of carbonyl (C=O) groups excluding carboxylic acids is 1. The summed E-state index contributed by atoms with van der Waals surface area (Å²) in [4.78, 5) is 15.1. The molecule has 0 aliphatic heterocycles. The van der Waals surface area contributed by atoms with Gasteiger partial charge in [0.25, 0.3) is 0 Å². The molecule has 0 aliphatic carbocycles. The van der Waals surface area contributed by atoms with Gasteiger partial charge in [-0.1, -0.05) is 11.8 Å². The first-order valence-electron chi connectivity index (χ1n) is 6.40. The lowest BCUT2D eigenvalue weighted by atomic mass is 10.3. The Hall–Kier alpha value is -1.95. The van der Waals surface area contributed by atoms with Crippen molar-refractivity contribution in [2.75, 3.05) is 19.6 Å². The quantitative estimate of drug-likeness (QED) is 0.595. The molecule has 1 aromatic heterocycles. The molecule has 8 heteroatoms. The number of nitrogens with two attached hydrogens (primary N) is 1. The fourth-order valence-corrected chi connectivity index (χ4v) is 2.47. The average molecular weight is 310 g/mol. The number of rotatable bonds is 6. The molecule has 0 fully saturated rings. The largest absolute Gasteiger partial charge is 0.356 e. The van der Waals surface area contributed by atoms with E-state index < -0.39 is 10.0 Å². The minimum Gasteiger partial charge on any atom is -0.356 e. The summed E-state index contributed by atoms with van der Waals surface area (Å²) in [6.45, 7) is 2.51. The number of sulfonamides is 1. The van der Waals surface area contributed by atoms with Crippen LogP contribution >= 0.6 is 0 Å². The van der Waals surface area contributed by atoms with Gasteiger partial charge in [0.15, 0.2) is 0 Å². The van der Waals surface area contributed by atoms with Crippen molar-refractivity contribution in [2.45, 2.75) is 18.2 Å². The van der Waals surface area contributed by atoms with Crippen LogP contribution in [0, 0.1) is 11.8 Å². The topological polar surface area (TPSA) is 114 Å². The lowest BCUT2D eigenvalue weighted by molar-refractivity contribution is -0.120. The maximum Gasteiger partial charge on any atom is 0.242 e. The van der Waals surface area contributed by atoms with Crippen molar-refractivity contribution in [1.82, 2.24) is 15.0 Å². The number of carbonyl (C=O) groups is 1. The van der Waals surface area contributed by atoms with Crippen LogP contribution in [-0.4, -0.2) is 38.9 Å². The fourth-order valence-electron chi connectivity index (χ4n) is 1.46. The van der Waals surface area contributed by atoms with E-state index in [1.807, 2.05) is 0 Å². The Morgan fingerprint density at radius 3 is 2.86 bits per heavy atom. The first-order chi connectivity index (χ1) is 9.99. The molecule has 21 heavy (non-hydrogen) atoms. The zero-order valence-corrected chi connectivity index (χ0v) is 12.5. The molecule has 0 aromatic carbocycles. The maximum atomic E-state index is 12.0. The highest BCUT2D eigenvalue weighted by atomic mass is 32.2. The summed E-state index contributed by atoms with van der Waals surface area (Å²) in [6, 6.07) is 1.41. The number of amides is 1. The van der Waals surface area contributed by atoms with Gasteiger partial charge in [-0.05, 0) is 13.0 Å². The van der Waals surface area contributed by atoms with Crippen LogP contribution in [-0.2, 0) is 14.8 Å². The summed E-state index contributed by atoms with van der Waals surface area (Å²) in [5.74, 6) is 5.13. The number of hydrogen-bond acceptors (Lipinski definition) is 5. The molecular weight excluding hydrogens is 292 g/mol. The molecule has 0 saturated heterocycles. The van der Waals surface area contributed by atoms with E-state index in [1.165, 1.54) is 18.5 Å². The SMILES string of the molecule is CCNC(=O)CCNS(=O)(=O)c1cncc(C#CCN)c1. The highest BCUT2D eigenvalue weighted by Crippen LogP contribution is 2.08. The molecule has 7 nitrogen and oxygen atoms in total. The Kier molecular flexibility index (Phi) is 6.81. The highest BCUT2D eigenvalue weighted by Gasteiger charge is 2.14. The molecule has 1 amide bonds. The Labute approximate surface area is 124 Å². The zero-order chi connectivity index (χ0) is 15.7. The second kappa shape index (κ2) is 8.36. The van der Waals surface area contributed by atoms with Gasteiger partial charge in [-0.3, -0.25) is 9.78 Å². The van der Waals surface area contributed by atoms with Gasteiger partial charge in [0.1, 0.15) is 4.90 Å². The van der Waals surface area contributed by atoms with Crippen molar-refractivity contribution in [3.05, 3.63) is 24.0 Å². The summed E-state index contributed by atoms with van der Waals surface area (Å²) in [5, 5.41) is 2.59. The Bertz CT molecular complexity index is 647. The van der Waals surface area contributed by atoms with E-state index in [4.69, 9.17) is 5.73 Å². The molecule has 0 unspecified atom stereocenters. The lowest BCUT2D eigenvalue weighted by Crippen LogP contribution is -2.30. The molecule has 4 N–H and O–H groups in total. The number of aromatic nitrogens is 1. The third-order valence-corrected chi connectivity index (χ3v) is 3.80. The molecule has 1 heterocycles. The summed E-state index contributed by atoms with van der Waals surface area (Å²) >= 11 is 0. The number of nitrogens with one attached hydrogen (secondary N) is 2. The van der Waals surface area contributed by atoms with E-state index >= 15 is 0 Å². The summed E-state index contributed by atoms with van der Waals surface area (Å²) in [7, 11) is -3.71. The Balaban J connectivity index is 2.72. The fraction of sp³-hybridized carbons (Fsp3) is 0.385. The van der Waals surface area contributed by atoms with Gasteiger partial charge in [-0.15, -0.1) is 0 Å². The molecule has 0 atom stereocenters. The van der Waals surface area contributed by atoms with Gasteiger partial charge in [-0.2, -0.15) is 0 Å². The van der Waals surface area contributed by atoms with Crippen LogP contribution in [0.2, 0.25) is 0 Å². The monoisotopic (exact) mass is 310 g/mol. The van der Waals surface area contributed by atoms with Crippen molar-refractivity contribution < 1.29 is 13.2 Å². The van der Waals surface area contributed by atoms with E-state index in [1.54, 1.807) is 6.92 Å². The summed E-state index contributed by atoms with van der Waals surface area (Å²) in [5.41, 5.74) is 5.72. The van der Waals surface area contributed by atoms with E-state index in [-0.39, 0.29) is 30.3 Å². The van der Waals surface area contributed by atoms with E-state index in [2.05, 4.69) is 26.9 Å². The van der Waals surface area contributed by atoms with Gasteiger partial charge in [0.05, 0.1) is 6.54 Å². The zero-order valence-electron chi connectivity index (χ0n) is 11.7. The second-order valence-electron chi connectivity index (χ2n) is 4.02. The van der Waals surface area contributed by atoms with Crippen LogP contribution in [0.3, 0.4) is 0 Å². The first kappa shape index (κ1) is 17.1. The van der Waals surface area contributed by atoms with Gasteiger partial charge in [0, 0.05) is 37.5 Å². The molecule has 1 rings (SSSR count). The van der Waals surface area contributed by atoms with Gasteiger partial charge >= 0.3 is 0 Å². The molecule has 0 aliphatic rings. The normalized spacial score (nSPS) is 10.6. The molecule has 0 saturated carbocycles. The molecule has 0 bridgehead atoms. The average Bonchev–Trinajstić information content (AvgIpc) is 2.45. The van der Waals surface area contributed by atoms with Crippen LogP contribution in [0.25, 0.3) is 0 Å². The van der Waals surface area contributed by atoms with Crippen LogP contribution in [0.1, 0.15) is 18.9 Å². The molecular formula is C13H18N4O3S. The minimum absolute atomic E-state index is 0.00206. The van der Waals surface area contributed by atoms with Crippen LogP contribution in [0.4, 0.5) is 0 Å². The van der Waals surface area contributed by atoms with Crippen molar-refractivity contribution in [2.24, 2.45) is 5.73 Å². The van der Waals surface area contributed by atoms with Crippen LogP contribution in [0.15, 0.2) is 23.4 Å². The standard InChI is InChI=1S/C13H18N4O3S/c1-2-16-13(18)5-7-17-21(19,20)12-8-11(4-3-6-14)9-15-10-12/h8-10,17H,2,5-7,14H2,1H3,(H,16,18).